The number of hydrogen-bond donors (Lipinski definition) is 0. The van der Waals surface area contributed by atoms with Crippen molar-refractivity contribution >= 4 is 17.5 Å². The van der Waals surface area contributed by atoms with Crippen LogP contribution in [0, 0.1) is 0 Å². The number of carbonyl (C=O) groups excluding carboxylic acids is 2. The van der Waals surface area contributed by atoms with Crippen LogP contribution in [0.1, 0.15) is 26.3 Å². The molecular formula is C27H19NO3. The number of carbonyl (C=O) groups is 2. The molecule has 0 spiro atoms. The van der Waals surface area contributed by atoms with Crippen LogP contribution in [0.4, 0.5) is 5.69 Å². The first-order valence-electron chi connectivity index (χ1n) is 10.1. The Kier molecular flexibility index (Phi) is 4.81. The SMILES string of the molecule is O=C1c2ccccc2C(=O)N1c1ccc(-c2cccc(OCc3ccccc3)c2)cc1. The average Bonchev–Trinajstić information content (AvgIpc) is 3.09. The first-order valence-corrected chi connectivity index (χ1v) is 10.1. The number of anilines is 1. The van der Waals surface area contributed by atoms with Gasteiger partial charge in [0.1, 0.15) is 12.4 Å². The second-order valence-electron chi connectivity index (χ2n) is 7.34. The zero-order valence-corrected chi connectivity index (χ0v) is 16.7. The van der Waals surface area contributed by atoms with Gasteiger partial charge in [0.25, 0.3) is 11.8 Å². The van der Waals surface area contributed by atoms with Crippen LogP contribution in [0.15, 0.2) is 103 Å². The van der Waals surface area contributed by atoms with Crippen LogP contribution < -0.4 is 9.64 Å². The number of rotatable bonds is 5. The van der Waals surface area contributed by atoms with Crippen LogP contribution in [0.5, 0.6) is 5.75 Å². The minimum atomic E-state index is -0.287. The van der Waals surface area contributed by atoms with Gasteiger partial charge >= 0.3 is 0 Å². The highest BCUT2D eigenvalue weighted by molar-refractivity contribution is 6.34. The van der Waals surface area contributed by atoms with E-state index in [1.165, 1.54) is 4.90 Å². The van der Waals surface area contributed by atoms with Crippen molar-refractivity contribution < 1.29 is 14.3 Å². The fraction of sp³-hybridized carbons (Fsp3) is 0.0370. The third-order valence-electron chi connectivity index (χ3n) is 5.34. The van der Waals surface area contributed by atoms with Crippen LogP contribution in [0.2, 0.25) is 0 Å². The quantitative estimate of drug-likeness (QED) is 0.398. The molecule has 0 N–H and O–H groups in total. The molecule has 2 amide bonds. The number of benzene rings is 4. The second-order valence-corrected chi connectivity index (χ2v) is 7.34. The topological polar surface area (TPSA) is 46.6 Å². The van der Waals surface area contributed by atoms with Gasteiger partial charge in [-0.3, -0.25) is 9.59 Å². The van der Waals surface area contributed by atoms with E-state index in [0.717, 1.165) is 22.4 Å². The Morgan fingerprint density at radius 3 is 1.94 bits per heavy atom. The average molecular weight is 405 g/mol. The molecule has 0 aromatic heterocycles. The summed E-state index contributed by atoms with van der Waals surface area (Å²) < 4.78 is 5.93. The van der Waals surface area contributed by atoms with Gasteiger partial charge in [0.05, 0.1) is 16.8 Å². The lowest BCUT2D eigenvalue weighted by Crippen LogP contribution is -2.29. The zero-order chi connectivity index (χ0) is 21.2. The predicted octanol–water partition coefficient (Wildman–Crippen LogP) is 5.73. The van der Waals surface area contributed by atoms with E-state index < -0.39 is 0 Å². The molecule has 4 aromatic rings. The fourth-order valence-corrected chi connectivity index (χ4v) is 3.73. The van der Waals surface area contributed by atoms with E-state index in [9.17, 15) is 9.59 Å². The highest BCUT2D eigenvalue weighted by Crippen LogP contribution is 2.31. The van der Waals surface area contributed by atoms with Crippen molar-refractivity contribution in [3.63, 3.8) is 0 Å². The molecule has 0 saturated heterocycles. The molecular weight excluding hydrogens is 386 g/mol. The van der Waals surface area contributed by atoms with Gasteiger partial charge in [-0.05, 0) is 53.1 Å². The highest BCUT2D eigenvalue weighted by Gasteiger charge is 2.36. The maximum atomic E-state index is 12.7. The van der Waals surface area contributed by atoms with Crippen LogP contribution in [0.25, 0.3) is 11.1 Å². The fourth-order valence-electron chi connectivity index (χ4n) is 3.73. The van der Waals surface area contributed by atoms with Gasteiger partial charge in [-0.25, -0.2) is 4.90 Å². The van der Waals surface area contributed by atoms with E-state index >= 15 is 0 Å². The molecule has 4 aromatic carbocycles. The normalized spacial score (nSPS) is 12.7. The van der Waals surface area contributed by atoms with Gasteiger partial charge in [0.15, 0.2) is 0 Å². The number of nitrogens with zero attached hydrogens (tertiary/aromatic N) is 1. The maximum Gasteiger partial charge on any atom is 0.266 e. The van der Waals surface area contributed by atoms with E-state index in [1.54, 1.807) is 36.4 Å². The van der Waals surface area contributed by atoms with E-state index in [-0.39, 0.29) is 11.8 Å². The molecule has 1 aliphatic heterocycles. The molecule has 31 heavy (non-hydrogen) atoms. The summed E-state index contributed by atoms with van der Waals surface area (Å²) in [5.41, 5.74) is 4.54. The van der Waals surface area contributed by atoms with Crippen molar-refractivity contribution in [1.82, 2.24) is 0 Å². The number of ether oxygens (including phenoxy) is 1. The molecule has 5 rings (SSSR count). The predicted molar refractivity (Wildman–Crippen MR) is 120 cm³/mol. The zero-order valence-electron chi connectivity index (χ0n) is 16.7. The van der Waals surface area contributed by atoms with Crippen molar-refractivity contribution in [3.05, 3.63) is 120 Å². The van der Waals surface area contributed by atoms with Gasteiger partial charge < -0.3 is 4.74 Å². The minimum Gasteiger partial charge on any atom is -0.489 e. The Bertz CT molecular complexity index is 1230. The summed E-state index contributed by atoms with van der Waals surface area (Å²) in [5, 5.41) is 0. The van der Waals surface area contributed by atoms with Crippen molar-refractivity contribution in [3.8, 4) is 16.9 Å². The van der Waals surface area contributed by atoms with Gasteiger partial charge in [0.2, 0.25) is 0 Å². The molecule has 0 radical (unpaired) electrons. The molecule has 1 heterocycles. The Morgan fingerprint density at radius 1 is 0.613 bits per heavy atom. The number of hydrogen-bond acceptors (Lipinski definition) is 3. The Hall–Kier alpha value is -4.18. The standard InChI is InChI=1S/C27H19NO3/c29-26-24-11-4-5-12-25(24)27(30)28(26)22-15-13-20(14-16-22)21-9-6-10-23(17-21)31-18-19-7-2-1-3-8-19/h1-17H,18H2. The third-order valence-corrected chi connectivity index (χ3v) is 5.34. The Morgan fingerprint density at radius 2 is 1.26 bits per heavy atom. The van der Waals surface area contributed by atoms with E-state index in [2.05, 4.69) is 0 Å². The lowest BCUT2D eigenvalue weighted by Gasteiger charge is -2.14. The summed E-state index contributed by atoms with van der Waals surface area (Å²) in [7, 11) is 0. The smallest absolute Gasteiger partial charge is 0.266 e. The van der Waals surface area contributed by atoms with Crippen LogP contribution in [-0.2, 0) is 6.61 Å². The molecule has 0 unspecified atom stereocenters. The lowest BCUT2D eigenvalue weighted by molar-refractivity contribution is 0.0926. The van der Waals surface area contributed by atoms with Crippen LogP contribution in [0.3, 0.4) is 0 Å². The molecule has 0 atom stereocenters. The van der Waals surface area contributed by atoms with Crippen molar-refractivity contribution in [2.75, 3.05) is 4.90 Å². The van der Waals surface area contributed by atoms with Gasteiger partial charge in [-0.2, -0.15) is 0 Å². The molecule has 150 valence electrons. The molecule has 4 heteroatoms. The first-order chi connectivity index (χ1) is 15.2. The third kappa shape index (κ3) is 3.60. The van der Waals surface area contributed by atoms with Gasteiger partial charge in [-0.15, -0.1) is 0 Å². The maximum absolute atomic E-state index is 12.7. The summed E-state index contributed by atoms with van der Waals surface area (Å²) in [6.07, 6.45) is 0. The Labute approximate surface area is 180 Å². The van der Waals surface area contributed by atoms with E-state index in [4.69, 9.17) is 4.74 Å². The van der Waals surface area contributed by atoms with E-state index in [1.807, 2.05) is 66.7 Å². The lowest BCUT2D eigenvalue weighted by atomic mass is 10.0. The molecule has 0 saturated carbocycles. The summed E-state index contributed by atoms with van der Waals surface area (Å²) in [6, 6.07) is 32.2. The Balaban J connectivity index is 1.35. The monoisotopic (exact) mass is 405 g/mol. The van der Waals surface area contributed by atoms with E-state index in [0.29, 0.717) is 23.4 Å². The summed E-state index contributed by atoms with van der Waals surface area (Å²) in [6.45, 7) is 0.503. The van der Waals surface area contributed by atoms with Crippen LogP contribution in [-0.4, -0.2) is 11.8 Å². The highest BCUT2D eigenvalue weighted by atomic mass is 16.5. The number of imide groups is 1. The first kappa shape index (κ1) is 18.8. The largest absolute Gasteiger partial charge is 0.489 e. The summed E-state index contributed by atoms with van der Waals surface area (Å²) in [5.74, 6) is 0.208. The van der Waals surface area contributed by atoms with Gasteiger partial charge in [0, 0.05) is 0 Å². The second kappa shape index (κ2) is 7.92. The number of fused-ring (bicyclic) bond motifs is 1. The molecule has 1 aliphatic rings. The summed E-state index contributed by atoms with van der Waals surface area (Å²) in [4.78, 5) is 26.6. The van der Waals surface area contributed by atoms with Gasteiger partial charge in [-0.1, -0.05) is 66.7 Å². The number of amides is 2. The van der Waals surface area contributed by atoms with Crippen molar-refractivity contribution in [1.29, 1.82) is 0 Å². The van der Waals surface area contributed by atoms with Crippen molar-refractivity contribution in [2.45, 2.75) is 6.61 Å². The minimum absolute atomic E-state index is 0.287. The molecule has 0 fully saturated rings. The molecule has 0 bridgehead atoms. The molecule has 4 nitrogen and oxygen atoms in total. The van der Waals surface area contributed by atoms with Crippen molar-refractivity contribution in [2.24, 2.45) is 0 Å². The molecule has 0 aliphatic carbocycles. The summed E-state index contributed by atoms with van der Waals surface area (Å²) >= 11 is 0. The van der Waals surface area contributed by atoms with Crippen LogP contribution >= 0.6 is 0 Å².